The van der Waals surface area contributed by atoms with E-state index in [-0.39, 0.29) is 24.1 Å². The molecule has 2 heterocycles. The molecule has 5 nitrogen and oxygen atoms in total. The highest BCUT2D eigenvalue weighted by atomic mass is 16.5. The summed E-state index contributed by atoms with van der Waals surface area (Å²) in [5.41, 5.74) is 2.16. The quantitative estimate of drug-likeness (QED) is 0.810. The van der Waals surface area contributed by atoms with E-state index in [9.17, 15) is 4.79 Å². The van der Waals surface area contributed by atoms with Crippen molar-refractivity contribution in [3.05, 3.63) is 29.6 Å². The monoisotopic (exact) mass is 319 g/mol. The van der Waals surface area contributed by atoms with Crippen LogP contribution in [0.2, 0.25) is 0 Å². The van der Waals surface area contributed by atoms with Crippen LogP contribution in [0.4, 0.5) is 0 Å². The second-order valence-corrected chi connectivity index (χ2v) is 6.70. The molecule has 1 saturated heterocycles. The topological polar surface area (TPSA) is 63.2 Å². The summed E-state index contributed by atoms with van der Waals surface area (Å²) >= 11 is 0. The highest BCUT2D eigenvalue weighted by Gasteiger charge is 2.24. The van der Waals surface area contributed by atoms with Gasteiger partial charge in [0, 0.05) is 19.3 Å². The van der Waals surface area contributed by atoms with Crippen molar-refractivity contribution < 1.29 is 9.53 Å². The van der Waals surface area contributed by atoms with Crippen LogP contribution < -0.4 is 10.6 Å². The van der Waals surface area contributed by atoms with E-state index in [1.165, 1.54) is 0 Å². The van der Waals surface area contributed by atoms with E-state index in [2.05, 4.69) is 42.5 Å². The first-order valence-electron chi connectivity index (χ1n) is 8.56. The molecule has 1 aromatic rings. The summed E-state index contributed by atoms with van der Waals surface area (Å²) in [6, 6.07) is 3.78. The smallest absolute Gasteiger partial charge is 0.236 e. The van der Waals surface area contributed by atoms with Gasteiger partial charge in [0.25, 0.3) is 0 Å². The molecule has 3 atom stereocenters. The zero-order valence-corrected chi connectivity index (χ0v) is 14.6. The molecular formula is C18H29N3O2. The maximum Gasteiger partial charge on any atom is 0.236 e. The molecule has 128 valence electrons. The molecule has 0 radical (unpaired) electrons. The second kappa shape index (κ2) is 8.41. The van der Waals surface area contributed by atoms with Crippen LogP contribution in [0.1, 0.15) is 50.9 Å². The van der Waals surface area contributed by atoms with Crippen LogP contribution in [-0.2, 0) is 9.53 Å². The van der Waals surface area contributed by atoms with Gasteiger partial charge >= 0.3 is 0 Å². The van der Waals surface area contributed by atoms with Gasteiger partial charge in [0.15, 0.2) is 0 Å². The zero-order valence-electron chi connectivity index (χ0n) is 14.6. The number of rotatable bonds is 7. The van der Waals surface area contributed by atoms with E-state index in [0.717, 1.165) is 30.7 Å². The lowest BCUT2D eigenvalue weighted by molar-refractivity contribution is -0.123. The number of carbonyl (C=O) groups excluding carboxylic acids is 1. The Kier molecular flexibility index (Phi) is 6.54. The number of hydrogen-bond donors (Lipinski definition) is 2. The summed E-state index contributed by atoms with van der Waals surface area (Å²) in [6.45, 7) is 9.65. The van der Waals surface area contributed by atoms with E-state index in [4.69, 9.17) is 4.74 Å². The van der Waals surface area contributed by atoms with Crippen molar-refractivity contribution in [3.63, 3.8) is 0 Å². The third-order valence-electron chi connectivity index (χ3n) is 4.36. The Morgan fingerprint density at radius 1 is 1.43 bits per heavy atom. The van der Waals surface area contributed by atoms with Crippen LogP contribution in [0.3, 0.4) is 0 Å². The number of nitrogens with zero attached hydrogens (tertiary/aromatic N) is 1. The van der Waals surface area contributed by atoms with Gasteiger partial charge in [-0.1, -0.05) is 19.9 Å². The first kappa shape index (κ1) is 17.9. The van der Waals surface area contributed by atoms with Crippen molar-refractivity contribution in [2.75, 3.05) is 13.2 Å². The number of carbonyl (C=O) groups is 1. The lowest BCUT2D eigenvalue weighted by Crippen LogP contribution is -2.46. The fourth-order valence-corrected chi connectivity index (χ4v) is 2.93. The van der Waals surface area contributed by atoms with Gasteiger partial charge in [0.2, 0.25) is 5.91 Å². The predicted octanol–water partition coefficient (Wildman–Crippen LogP) is 2.36. The summed E-state index contributed by atoms with van der Waals surface area (Å²) < 4.78 is 5.54. The summed E-state index contributed by atoms with van der Waals surface area (Å²) in [6.07, 6.45) is 4.10. The van der Waals surface area contributed by atoms with E-state index in [1.54, 1.807) is 0 Å². The summed E-state index contributed by atoms with van der Waals surface area (Å²) in [7, 11) is 0. The van der Waals surface area contributed by atoms with Gasteiger partial charge in [-0.25, -0.2) is 0 Å². The van der Waals surface area contributed by atoms with Crippen LogP contribution in [0.25, 0.3) is 0 Å². The highest BCUT2D eigenvalue weighted by molar-refractivity contribution is 5.81. The maximum atomic E-state index is 12.3. The molecule has 0 unspecified atom stereocenters. The van der Waals surface area contributed by atoms with E-state index in [0.29, 0.717) is 12.5 Å². The Hall–Kier alpha value is -1.46. The van der Waals surface area contributed by atoms with Crippen LogP contribution in [-0.4, -0.2) is 36.2 Å². The molecule has 0 aromatic carbocycles. The number of aryl methyl sites for hydroxylation is 1. The molecule has 23 heavy (non-hydrogen) atoms. The normalized spacial score (nSPS) is 20.5. The standard InChI is InChI=1S/C18H29N3O2/c1-12(2)16(17-13(3)7-5-9-19-17)21-14(4)18(22)20-11-15-8-6-10-23-15/h5,7,9,12,14-16,21H,6,8,10-11H2,1-4H3,(H,20,22)/t14-,15+,16-/m1/s1. The fraction of sp³-hybridized carbons (Fsp3) is 0.667. The minimum absolute atomic E-state index is 0.0136. The third kappa shape index (κ3) is 5.01. The molecule has 0 bridgehead atoms. The van der Waals surface area contributed by atoms with Crippen molar-refractivity contribution in [1.29, 1.82) is 0 Å². The van der Waals surface area contributed by atoms with Crippen LogP contribution in [0.5, 0.6) is 0 Å². The molecular weight excluding hydrogens is 290 g/mol. The van der Waals surface area contributed by atoms with Gasteiger partial charge in [0.1, 0.15) is 0 Å². The first-order chi connectivity index (χ1) is 11.0. The molecule has 1 aromatic heterocycles. The zero-order chi connectivity index (χ0) is 16.8. The SMILES string of the molecule is Cc1cccnc1[C@H](N[C@H](C)C(=O)NC[C@@H]1CCCO1)C(C)C. The number of amides is 1. The second-order valence-electron chi connectivity index (χ2n) is 6.70. The number of pyridine rings is 1. The molecule has 5 heteroatoms. The molecule has 0 saturated carbocycles. The maximum absolute atomic E-state index is 12.3. The fourth-order valence-electron chi connectivity index (χ4n) is 2.93. The molecule has 1 amide bonds. The highest BCUT2D eigenvalue weighted by Crippen LogP contribution is 2.23. The van der Waals surface area contributed by atoms with Gasteiger partial charge in [-0.15, -0.1) is 0 Å². The van der Waals surface area contributed by atoms with Crippen molar-refractivity contribution in [3.8, 4) is 0 Å². The first-order valence-corrected chi connectivity index (χ1v) is 8.56. The molecule has 2 N–H and O–H groups in total. The Balaban J connectivity index is 1.93. The van der Waals surface area contributed by atoms with Gasteiger partial charge in [-0.2, -0.15) is 0 Å². The molecule has 1 aliphatic rings. The van der Waals surface area contributed by atoms with E-state index < -0.39 is 0 Å². The van der Waals surface area contributed by atoms with Gasteiger partial charge in [-0.3, -0.25) is 15.1 Å². The number of ether oxygens (including phenoxy) is 1. The van der Waals surface area contributed by atoms with Gasteiger partial charge in [0.05, 0.1) is 23.9 Å². The molecule has 0 aliphatic carbocycles. The summed E-state index contributed by atoms with van der Waals surface area (Å²) in [5.74, 6) is 0.358. The minimum atomic E-state index is -0.273. The number of nitrogens with one attached hydrogen (secondary N) is 2. The van der Waals surface area contributed by atoms with Crippen LogP contribution >= 0.6 is 0 Å². The molecule has 2 rings (SSSR count). The molecule has 1 fully saturated rings. The predicted molar refractivity (Wildman–Crippen MR) is 91.1 cm³/mol. The third-order valence-corrected chi connectivity index (χ3v) is 4.36. The van der Waals surface area contributed by atoms with E-state index in [1.807, 2.05) is 19.2 Å². The summed E-state index contributed by atoms with van der Waals surface area (Å²) in [5, 5.41) is 6.42. The van der Waals surface area contributed by atoms with Crippen molar-refractivity contribution in [1.82, 2.24) is 15.6 Å². The Labute approximate surface area is 139 Å². The van der Waals surface area contributed by atoms with E-state index >= 15 is 0 Å². The Morgan fingerprint density at radius 2 is 2.22 bits per heavy atom. The minimum Gasteiger partial charge on any atom is -0.376 e. The van der Waals surface area contributed by atoms with Crippen molar-refractivity contribution >= 4 is 5.91 Å². The Morgan fingerprint density at radius 3 is 2.83 bits per heavy atom. The van der Waals surface area contributed by atoms with Crippen LogP contribution in [0.15, 0.2) is 18.3 Å². The lowest BCUT2D eigenvalue weighted by Gasteiger charge is -2.27. The van der Waals surface area contributed by atoms with Crippen molar-refractivity contribution in [2.45, 2.75) is 58.7 Å². The molecule has 0 spiro atoms. The number of hydrogen-bond acceptors (Lipinski definition) is 4. The average Bonchev–Trinajstić information content (AvgIpc) is 3.04. The largest absolute Gasteiger partial charge is 0.376 e. The van der Waals surface area contributed by atoms with Gasteiger partial charge < -0.3 is 10.1 Å². The average molecular weight is 319 g/mol. The van der Waals surface area contributed by atoms with Crippen LogP contribution in [0, 0.1) is 12.8 Å². The van der Waals surface area contributed by atoms with Crippen molar-refractivity contribution in [2.24, 2.45) is 5.92 Å². The number of aromatic nitrogens is 1. The summed E-state index contributed by atoms with van der Waals surface area (Å²) in [4.78, 5) is 16.8. The lowest BCUT2D eigenvalue weighted by atomic mass is 9.96. The Bertz CT molecular complexity index is 513. The van der Waals surface area contributed by atoms with Gasteiger partial charge in [-0.05, 0) is 44.2 Å². The molecule has 1 aliphatic heterocycles.